The zero-order chi connectivity index (χ0) is 14.7. The van der Waals surface area contributed by atoms with Crippen molar-refractivity contribution in [3.8, 4) is 0 Å². The predicted octanol–water partition coefficient (Wildman–Crippen LogP) is 4.75. The lowest BCUT2D eigenvalue weighted by Crippen LogP contribution is -1.92. The van der Waals surface area contributed by atoms with E-state index in [1.807, 2.05) is 54.6 Å². The van der Waals surface area contributed by atoms with Crippen molar-refractivity contribution in [1.82, 2.24) is 10.2 Å². The second-order valence-corrected chi connectivity index (χ2v) is 5.96. The molecule has 0 amide bonds. The highest BCUT2D eigenvalue weighted by molar-refractivity contribution is 9.10. The number of hydrogen-bond acceptors (Lipinski definition) is 3. The highest BCUT2D eigenvalue weighted by Gasteiger charge is 2.17. The minimum Gasteiger partial charge on any atom is -0.423 e. The van der Waals surface area contributed by atoms with Gasteiger partial charge in [0, 0.05) is 4.47 Å². The Labute approximate surface area is 136 Å². The normalized spacial score (nSPS) is 12.3. The number of alkyl halides is 1. The van der Waals surface area contributed by atoms with Crippen LogP contribution in [0, 0.1) is 0 Å². The molecule has 5 heteroatoms. The van der Waals surface area contributed by atoms with Gasteiger partial charge in [-0.05, 0) is 23.3 Å². The van der Waals surface area contributed by atoms with Crippen LogP contribution < -0.4 is 0 Å². The molecule has 3 nitrogen and oxygen atoms in total. The summed E-state index contributed by atoms with van der Waals surface area (Å²) >= 11 is 9.78. The molecule has 0 aliphatic carbocycles. The summed E-state index contributed by atoms with van der Waals surface area (Å²) in [6.07, 6.45) is 0.596. The second kappa shape index (κ2) is 6.41. The zero-order valence-electron chi connectivity index (χ0n) is 11.0. The van der Waals surface area contributed by atoms with Gasteiger partial charge in [-0.2, -0.15) is 0 Å². The number of nitrogens with zero attached hydrogens (tertiary/aromatic N) is 2. The van der Waals surface area contributed by atoms with Crippen LogP contribution in [-0.4, -0.2) is 10.2 Å². The summed E-state index contributed by atoms with van der Waals surface area (Å²) in [5.74, 6) is 0.990. The van der Waals surface area contributed by atoms with E-state index < -0.39 is 5.38 Å². The fraction of sp³-hybridized carbons (Fsp3) is 0.125. The van der Waals surface area contributed by atoms with Crippen LogP contribution in [0.1, 0.15) is 28.3 Å². The summed E-state index contributed by atoms with van der Waals surface area (Å²) < 4.78 is 6.71. The van der Waals surface area contributed by atoms with Crippen LogP contribution in [0.2, 0.25) is 0 Å². The first kappa shape index (κ1) is 14.3. The monoisotopic (exact) mass is 362 g/mol. The molecule has 2 aromatic carbocycles. The van der Waals surface area contributed by atoms with E-state index in [4.69, 9.17) is 16.0 Å². The molecule has 0 aliphatic rings. The molecule has 0 bridgehead atoms. The molecule has 0 N–H and O–H groups in total. The van der Waals surface area contributed by atoms with Crippen molar-refractivity contribution in [3.63, 3.8) is 0 Å². The van der Waals surface area contributed by atoms with E-state index in [1.54, 1.807) is 0 Å². The summed E-state index contributed by atoms with van der Waals surface area (Å²) in [7, 11) is 0. The van der Waals surface area contributed by atoms with E-state index >= 15 is 0 Å². The largest absolute Gasteiger partial charge is 0.423 e. The van der Waals surface area contributed by atoms with Gasteiger partial charge in [0.15, 0.2) is 0 Å². The Balaban J connectivity index is 1.75. The summed E-state index contributed by atoms with van der Waals surface area (Å²) in [5.41, 5.74) is 2.05. The number of halogens is 2. The van der Waals surface area contributed by atoms with Crippen LogP contribution in [-0.2, 0) is 6.42 Å². The minimum atomic E-state index is -0.419. The Morgan fingerprint density at radius 2 is 1.71 bits per heavy atom. The molecule has 0 saturated carbocycles. The quantitative estimate of drug-likeness (QED) is 0.628. The number of rotatable bonds is 4. The summed E-state index contributed by atoms with van der Waals surface area (Å²) in [6.45, 7) is 0. The maximum Gasteiger partial charge on any atom is 0.238 e. The van der Waals surface area contributed by atoms with Gasteiger partial charge in [0.25, 0.3) is 0 Å². The average Bonchev–Trinajstić information content (AvgIpc) is 2.98. The van der Waals surface area contributed by atoms with E-state index in [9.17, 15) is 0 Å². The molecule has 3 rings (SSSR count). The van der Waals surface area contributed by atoms with Crippen molar-refractivity contribution in [1.29, 1.82) is 0 Å². The Morgan fingerprint density at radius 1 is 1.00 bits per heavy atom. The topological polar surface area (TPSA) is 38.9 Å². The summed E-state index contributed by atoms with van der Waals surface area (Å²) in [5, 5.41) is 7.70. The van der Waals surface area contributed by atoms with Crippen molar-refractivity contribution in [2.75, 3.05) is 0 Å². The maximum absolute atomic E-state index is 6.37. The molecule has 21 heavy (non-hydrogen) atoms. The first-order valence-corrected chi connectivity index (χ1v) is 7.71. The van der Waals surface area contributed by atoms with Crippen molar-refractivity contribution in [2.45, 2.75) is 11.8 Å². The van der Waals surface area contributed by atoms with Gasteiger partial charge in [-0.1, -0.05) is 58.4 Å². The molecule has 0 aliphatic heterocycles. The van der Waals surface area contributed by atoms with Gasteiger partial charge in [0.1, 0.15) is 5.38 Å². The molecule has 1 heterocycles. The lowest BCUT2D eigenvalue weighted by Gasteiger charge is -2.03. The molecule has 106 valence electrons. The first-order valence-electron chi connectivity index (χ1n) is 6.48. The highest BCUT2D eigenvalue weighted by atomic mass is 79.9. The van der Waals surface area contributed by atoms with Crippen molar-refractivity contribution in [2.24, 2.45) is 0 Å². The molecule has 1 aromatic heterocycles. The van der Waals surface area contributed by atoms with Crippen LogP contribution >= 0.6 is 27.5 Å². The van der Waals surface area contributed by atoms with E-state index in [-0.39, 0.29) is 0 Å². The predicted molar refractivity (Wildman–Crippen MR) is 85.4 cm³/mol. The van der Waals surface area contributed by atoms with Gasteiger partial charge in [0.2, 0.25) is 11.8 Å². The molecule has 0 saturated heterocycles. The molecule has 0 radical (unpaired) electrons. The maximum atomic E-state index is 6.37. The molecule has 1 atom stereocenters. The third-order valence-corrected chi connectivity index (χ3v) is 4.03. The number of hydrogen-bond donors (Lipinski definition) is 0. The lowest BCUT2D eigenvalue weighted by molar-refractivity contribution is 0.462. The second-order valence-electron chi connectivity index (χ2n) is 4.61. The van der Waals surface area contributed by atoms with E-state index in [1.165, 1.54) is 0 Å². The zero-order valence-corrected chi connectivity index (χ0v) is 13.4. The standard InChI is InChI=1S/C16H12BrClN2O/c17-13-8-6-11(7-9-13)10-14-19-20-16(21-14)15(18)12-4-2-1-3-5-12/h1-9,15H,10H2. The summed E-state index contributed by atoms with van der Waals surface area (Å²) in [4.78, 5) is 0. The molecule has 3 aromatic rings. The SMILES string of the molecule is ClC(c1ccccc1)c1nnc(Cc2ccc(Br)cc2)o1. The minimum absolute atomic E-state index is 0.419. The third-order valence-electron chi connectivity index (χ3n) is 3.06. The molecule has 1 unspecified atom stereocenters. The molecular formula is C16H12BrClN2O. The van der Waals surface area contributed by atoms with E-state index in [0.29, 0.717) is 18.2 Å². The van der Waals surface area contributed by atoms with Crippen LogP contribution in [0.5, 0.6) is 0 Å². The van der Waals surface area contributed by atoms with Crippen molar-refractivity contribution < 1.29 is 4.42 Å². The van der Waals surface area contributed by atoms with Crippen molar-refractivity contribution in [3.05, 3.63) is 82.0 Å². The van der Waals surface area contributed by atoms with Gasteiger partial charge < -0.3 is 4.42 Å². The van der Waals surface area contributed by atoms with Gasteiger partial charge in [-0.3, -0.25) is 0 Å². The van der Waals surface area contributed by atoms with E-state index in [2.05, 4.69) is 26.1 Å². The van der Waals surface area contributed by atoms with Crippen LogP contribution in [0.4, 0.5) is 0 Å². The van der Waals surface area contributed by atoms with Gasteiger partial charge in [0.05, 0.1) is 6.42 Å². The van der Waals surface area contributed by atoms with Crippen LogP contribution in [0.3, 0.4) is 0 Å². The molecular weight excluding hydrogens is 352 g/mol. The Kier molecular flexibility index (Phi) is 4.36. The van der Waals surface area contributed by atoms with Crippen LogP contribution in [0.25, 0.3) is 0 Å². The Bertz CT molecular complexity index is 713. The first-order chi connectivity index (χ1) is 10.2. The lowest BCUT2D eigenvalue weighted by atomic mass is 10.1. The highest BCUT2D eigenvalue weighted by Crippen LogP contribution is 2.27. The van der Waals surface area contributed by atoms with Crippen molar-refractivity contribution >= 4 is 27.5 Å². The van der Waals surface area contributed by atoms with Crippen LogP contribution in [0.15, 0.2) is 63.5 Å². The Hall–Kier alpha value is -1.65. The number of benzene rings is 2. The number of aromatic nitrogens is 2. The fourth-order valence-electron chi connectivity index (χ4n) is 1.98. The third kappa shape index (κ3) is 3.52. The van der Waals surface area contributed by atoms with Gasteiger partial charge >= 0.3 is 0 Å². The Morgan fingerprint density at radius 3 is 2.43 bits per heavy atom. The van der Waals surface area contributed by atoms with E-state index in [0.717, 1.165) is 15.6 Å². The molecule has 0 spiro atoms. The smallest absolute Gasteiger partial charge is 0.238 e. The fourth-order valence-corrected chi connectivity index (χ4v) is 2.48. The molecule has 0 fully saturated rings. The summed E-state index contributed by atoms with van der Waals surface area (Å²) in [6, 6.07) is 17.7. The van der Waals surface area contributed by atoms with Gasteiger partial charge in [-0.15, -0.1) is 21.8 Å². The average molecular weight is 364 g/mol. The van der Waals surface area contributed by atoms with Gasteiger partial charge in [-0.25, -0.2) is 0 Å².